The van der Waals surface area contributed by atoms with Gasteiger partial charge in [0.05, 0.1) is 6.61 Å². The maximum absolute atomic E-state index is 12.3. The van der Waals surface area contributed by atoms with Crippen LogP contribution in [0.25, 0.3) is 0 Å². The first-order chi connectivity index (χ1) is 14.1. The standard InChI is InChI=1S/C20H24N4O5/c1-2-27-20(26)24-7-5-16(6-8-24)22-12-15(10-21)19(25)23-11-14-3-4-17-18(9-14)29-13-28-17/h3-4,9,12,16,22H,2,5-8,11,13H2,1H3,(H,23,25)/b15-12-. The highest BCUT2D eigenvalue weighted by molar-refractivity contribution is 5.97. The number of benzene rings is 1. The van der Waals surface area contributed by atoms with Crippen molar-refractivity contribution < 1.29 is 23.8 Å². The highest BCUT2D eigenvalue weighted by Crippen LogP contribution is 2.32. The zero-order valence-corrected chi connectivity index (χ0v) is 16.3. The minimum atomic E-state index is -0.457. The maximum atomic E-state index is 12.3. The number of piperidine rings is 1. The fourth-order valence-electron chi connectivity index (χ4n) is 3.12. The molecule has 29 heavy (non-hydrogen) atoms. The lowest BCUT2D eigenvalue weighted by molar-refractivity contribution is -0.117. The van der Waals surface area contributed by atoms with Crippen LogP contribution in [0.2, 0.25) is 0 Å². The number of nitrogens with one attached hydrogen (secondary N) is 2. The fraction of sp³-hybridized carbons (Fsp3) is 0.450. The minimum Gasteiger partial charge on any atom is -0.454 e. The summed E-state index contributed by atoms with van der Waals surface area (Å²) in [5.41, 5.74) is 0.845. The van der Waals surface area contributed by atoms with E-state index in [-0.39, 0.29) is 31.0 Å². The van der Waals surface area contributed by atoms with E-state index in [1.807, 2.05) is 12.1 Å². The molecule has 9 nitrogen and oxygen atoms in total. The zero-order chi connectivity index (χ0) is 20.6. The Morgan fingerprint density at radius 1 is 1.31 bits per heavy atom. The van der Waals surface area contributed by atoms with Gasteiger partial charge in [-0.15, -0.1) is 0 Å². The van der Waals surface area contributed by atoms with Gasteiger partial charge < -0.3 is 29.7 Å². The third kappa shape index (κ3) is 5.31. The van der Waals surface area contributed by atoms with E-state index in [0.717, 1.165) is 5.56 Å². The average Bonchev–Trinajstić information content (AvgIpc) is 3.21. The quantitative estimate of drug-likeness (QED) is 0.551. The molecule has 0 spiro atoms. The lowest BCUT2D eigenvalue weighted by atomic mass is 10.1. The number of carbonyl (C=O) groups excluding carboxylic acids is 2. The van der Waals surface area contributed by atoms with Gasteiger partial charge in [-0.25, -0.2) is 4.79 Å². The molecule has 1 aromatic carbocycles. The summed E-state index contributed by atoms with van der Waals surface area (Å²) >= 11 is 0. The van der Waals surface area contributed by atoms with Crippen LogP contribution < -0.4 is 20.1 Å². The number of nitrogens with zero attached hydrogens (tertiary/aromatic N) is 2. The van der Waals surface area contributed by atoms with E-state index in [2.05, 4.69) is 10.6 Å². The normalized spacial score (nSPS) is 16.1. The molecular weight excluding hydrogens is 376 g/mol. The van der Waals surface area contributed by atoms with Crippen molar-refractivity contribution in [2.75, 3.05) is 26.5 Å². The number of likely N-dealkylation sites (tertiary alicyclic amines) is 1. The smallest absolute Gasteiger partial charge is 0.409 e. The summed E-state index contributed by atoms with van der Waals surface area (Å²) in [4.78, 5) is 25.7. The second kappa shape index (κ2) is 9.68. The van der Waals surface area contributed by atoms with Crippen molar-refractivity contribution in [3.05, 3.63) is 35.5 Å². The number of rotatable bonds is 6. The SMILES string of the molecule is CCOC(=O)N1CCC(N/C=C(/C#N)C(=O)NCc2ccc3c(c2)OCO3)CC1. The van der Waals surface area contributed by atoms with E-state index in [0.29, 0.717) is 44.0 Å². The summed E-state index contributed by atoms with van der Waals surface area (Å²) in [6.45, 7) is 3.74. The molecule has 0 bridgehead atoms. The largest absolute Gasteiger partial charge is 0.454 e. The van der Waals surface area contributed by atoms with Crippen LogP contribution in [-0.2, 0) is 16.1 Å². The zero-order valence-electron chi connectivity index (χ0n) is 16.3. The van der Waals surface area contributed by atoms with Crippen molar-refractivity contribution >= 4 is 12.0 Å². The number of ether oxygens (including phenoxy) is 3. The minimum absolute atomic E-state index is 0.00133. The van der Waals surface area contributed by atoms with E-state index < -0.39 is 5.91 Å². The Bertz CT molecular complexity index is 825. The van der Waals surface area contributed by atoms with Crippen molar-refractivity contribution in [3.8, 4) is 17.6 Å². The summed E-state index contributed by atoms with van der Waals surface area (Å²) in [6, 6.07) is 7.43. The summed E-state index contributed by atoms with van der Waals surface area (Å²) in [5, 5.41) is 15.1. The summed E-state index contributed by atoms with van der Waals surface area (Å²) < 4.78 is 15.6. The van der Waals surface area contributed by atoms with Crippen LogP contribution in [-0.4, -0.2) is 49.4 Å². The molecule has 0 radical (unpaired) electrons. The molecular formula is C20H24N4O5. The van der Waals surface area contributed by atoms with Gasteiger partial charge in [-0.2, -0.15) is 5.26 Å². The van der Waals surface area contributed by atoms with Gasteiger partial charge in [0, 0.05) is 31.9 Å². The van der Waals surface area contributed by atoms with Crippen molar-refractivity contribution in [1.29, 1.82) is 5.26 Å². The number of hydrogen-bond donors (Lipinski definition) is 2. The van der Waals surface area contributed by atoms with E-state index >= 15 is 0 Å². The molecule has 154 valence electrons. The molecule has 3 rings (SSSR count). The third-order valence-electron chi connectivity index (χ3n) is 4.74. The van der Waals surface area contributed by atoms with Gasteiger partial charge >= 0.3 is 6.09 Å². The van der Waals surface area contributed by atoms with Gasteiger partial charge in [0.25, 0.3) is 5.91 Å². The van der Waals surface area contributed by atoms with Gasteiger partial charge in [0.1, 0.15) is 11.6 Å². The fourth-order valence-corrected chi connectivity index (χ4v) is 3.12. The van der Waals surface area contributed by atoms with Crippen LogP contribution in [0.4, 0.5) is 4.79 Å². The number of fused-ring (bicyclic) bond motifs is 1. The number of hydrogen-bond acceptors (Lipinski definition) is 7. The highest BCUT2D eigenvalue weighted by Gasteiger charge is 2.23. The Labute approximate surface area is 169 Å². The first-order valence-electron chi connectivity index (χ1n) is 9.55. The molecule has 1 saturated heterocycles. The molecule has 2 aliphatic heterocycles. The Hall–Kier alpha value is -3.41. The Balaban J connectivity index is 1.46. The lowest BCUT2D eigenvalue weighted by Crippen LogP contribution is -2.44. The molecule has 0 unspecified atom stereocenters. The van der Waals surface area contributed by atoms with Gasteiger partial charge in [-0.05, 0) is 37.5 Å². The van der Waals surface area contributed by atoms with E-state index in [9.17, 15) is 14.9 Å². The molecule has 2 N–H and O–H groups in total. The van der Waals surface area contributed by atoms with Crippen molar-refractivity contribution in [1.82, 2.24) is 15.5 Å². The van der Waals surface area contributed by atoms with Gasteiger partial charge in [-0.3, -0.25) is 4.79 Å². The average molecular weight is 400 g/mol. The molecule has 1 aromatic rings. The summed E-state index contributed by atoms with van der Waals surface area (Å²) in [5.74, 6) is 0.862. The number of amides is 2. The van der Waals surface area contributed by atoms with Crippen molar-refractivity contribution in [3.63, 3.8) is 0 Å². The van der Waals surface area contributed by atoms with Gasteiger partial charge in [-0.1, -0.05) is 6.07 Å². The Kier molecular flexibility index (Phi) is 6.79. The molecule has 2 heterocycles. The number of nitriles is 1. The van der Waals surface area contributed by atoms with Gasteiger partial charge in [0.2, 0.25) is 6.79 Å². The second-order valence-electron chi connectivity index (χ2n) is 6.67. The summed E-state index contributed by atoms with van der Waals surface area (Å²) in [6.07, 6.45) is 2.57. The van der Waals surface area contributed by atoms with E-state index in [1.165, 1.54) is 6.20 Å². The van der Waals surface area contributed by atoms with Crippen LogP contribution in [0.15, 0.2) is 30.0 Å². The molecule has 0 saturated carbocycles. The maximum Gasteiger partial charge on any atom is 0.409 e. The van der Waals surface area contributed by atoms with Crippen molar-refractivity contribution in [2.45, 2.75) is 32.4 Å². The molecule has 9 heteroatoms. The topological polar surface area (TPSA) is 113 Å². The molecule has 0 atom stereocenters. The third-order valence-corrected chi connectivity index (χ3v) is 4.74. The van der Waals surface area contributed by atoms with Crippen molar-refractivity contribution in [2.24, 2.45) is 0 Å². The molecule has 1 fully saturated rings. The first kappa shape index (κ1) is 20.3. The summed E-state index contributed by atoms with van der Waals surface area (Å²) in [7, 11) is 0. The first-order valence-corrected chi connectivity index (χ1v) is 9.55. The molecule has 0 aliphatic carbocycles. The van der Waals surface area contributed by atoms with E-state index in [4.69, 9.17) is 14.2 Å². The number of carbonyl (C=O) groups is 2. The predicted octanol–water partition coefficient (Wildman–Crippen LogP) is 1.65. The van der Waals surface area contributed by atoms with Crippen LogP contribution >= 0.6 is 0 Å². The van der Waals surface area contributed by atoms with E-state index in [1.54, 1.807) is 24.0 Å². The van der Waals surface area contributed by atoms with Crippen LogP contribution in [0.5, 0.6) is 11.5 Å². The molecule has 2 amide bonds. The van der Waals surface area contributed by atoms with Crippen LogP contribution in [0.3, 0.4) is 0 Å². The molecule has 2 aliphatic rings. The molecule has 0 aromatic heterocycles. The van der Waals surface area contributed by atoms with Gasteiger partial charge in [0.15, 0.2) is 11.5 Å². The Morgan fingerprint density at radius 2 is 2.07 bits per heavy atom. The highest BCUT2D eigenvalue weighted by atomic mass is 16.7. The Morgan fingerprint density at radius 3 is 2.79 bits per heavy atom. The second-order valence-corrected chi connectivity index (χ2v) is 6.67. The monoisotopic (exact) mass is 400 g/mol. The van der Waals surface area contributed by atoms with Crippen LogP contribution in [0, 0.1) is 11.3 Å². The van der Waals surface area contributed by atoms with Crippen LogP contribution in [0.1, 0.15) is 25.3 Å². The lowest BCUT2D eigenvalue weighted by Gasteiger charge is -2.31. The predicted molar refractivity (Wildman–Crippen MR) is 103 cm³/mol.